The molecule has 2 aliphatic rings. The zero-order chi connectivity index (χ0) is 18.4. The molecular weight excluding hydrogens is 338 g/mol. The van der Waals surface area contributed by atoms with Crippen LogP contribution < -0.4 is 25.0 Å². The lowest BCUT2D eigenvalue weighted by Gasteiger charge is -2.22. The highest BCUT2D eigenvalue weighted by molar-refractivity contribution is 5.97. The van der Waals surface area contributed by atoms with Crippen molar-refractivity contribution in [2.45, 2.75) is 25.8 Å². The van der Waals surface area contributed by atoms with Gasteiger partial charge in [0.15, 0.2) is 11.5 Å². The number of ether oxygens (including phenoxy) is 3. The summed E-state index contributed by atoms with van der Waals surface area (Å²) < 4.78 is 16.3. The lowest BCUT2D eigenvalue weighted by atomic mass is 10.2. The summed E-state index contributed by atoms with van der Waals surface area (Å²) in [5, 5.41) is 5.64. The molecule has 1 aromatic carbocycles. The highest BCUT2D eigenvalue weighted by Crippen LogP contribution is 2.35. The maximum absolute atomic E-state index is 12.3. The molecule has 0 aromatic heterocycles. The maximum Gasteiger partial charge on any atom is 0.315 e. The van der Waals surface area contributed by atoms with Gasteiger partial charge in [0.1, 0.15) is 13.2 Å². The van der Waals surface area contributed by atoms with Crippen LogP contribution in [-0.2, 0) is 9.53 Å². The Morgan fingerprint density at radius 2 is 2.12 bits per heavy atom. The first-order valence-corrected chi connectivity index (χ1v) is 8.99. The van der Waals surface area contributed by atoms with Crippen LogP contribution in [0.15, 0.2) is 18.2 Å². The molecule has 2 aliphatic heterocycles. The van der Waals surface area contributed by atoms with E-state index in [1.165, 1.54) is 0 Å². The van der Waals surface area contributed by atoms with Gasteiger partial charge in [-0.05, 0) is 25.5 Å². The van der Waals surface area contributed by atoms with Crippen LogP contribution >= 0.6 is 0 Å². The average Bonchev–Trinajstić information content (AvgIpc) is 3.01. The third-order valence-corrected chi connectivity index (χ3v) is 4.25. The number of carbonyl (C=O) groups is 2. The van der Waals surface area contributed by atoms with Gasteiger partial charge < -0.3 is 29.7 Å². The summed E-state index contributed by atoms with van der Waals surface area (Å²) in [6.45, 7) is 5.23. The van der Waals surface area contributed by atoms with Gasteiger partial charge in [-0.15, -0.1) is 0 Å². The van der Waals surface area contributed by atoms with Gasteiger partial charge in [0.05, 0.1) is 6.04 Å². The Hall–Kier alpha value is -2.48. The molecule has 3 amide bonds. The number of hydrogen-bond acceptors (Lipinski definition) is 5. The number of anilines is 1. The summed E-state index contributed by atoms with van der Waals surface area (Å²) in [6.07, 6.45) is 1.04. The second kappa shape index (κ2) is 8.75. The van der Waals surface area contributed by atoms with Gasteiger partial charge in [-0.2, -0.15) is 0 Å². The molecule has 0 radical (unpaired) electrons. The Bertz CT molecular complexity index is 652. The SMILES string of the molecule is CCOCCCNC(=O)N[C@H]1CC(=O)N(c2ccc3c(c2)OCCO3)C1. The van der Waals surface area contributed by atoms with Crippen molar-refractivity contribution in [3.8, 4) is 11.5 Å². The standard InChI is InChI=1S/C18H25N3O5/c1-2-24-7-3-6-19-18(23)20-13-10-17(22)21(12-13)14-4-5-15-16(11-14)26-9-8-25-15/h4-5,11,13H,2-3,6-10,12H2,1H3,(H2,19,20,23)/t13-/m0/s1. The van der Waals surface area contributed by atoms with E-state index in [-0.39, 0.29) is 24.4 Å². The highest BCUT2D eigenvalue weighted by Gasteiger charge is 2.32. The molecule has 0 saturated carbocycles. The summed E-state index contributed by atoms with van der Waals surface area (Å²) in [7, 11) is 0. The number of nitrogens with zero attached hydrogens (tertiary/aromatic N) is 1. The second-order valence-corrected chi connectivity index (χ2v) is 6.18. The minimum absolute atomic E-state index is 0.0247. The topological polar surface area (TPSA) is 89.1 Å². The molecule has 2 N–H and O–H groups in total. The summed E-state index contributed by atoms with van der Waals surface area (Å²) in [6, 6.07) is 4.97. The summed E-state index contributed by atoms with van der Waals surface area (Å²) >= 11 is 0. The summed E-state index contributed by atoms with van der Waals surface area (Å²) in [5.74, 6) is 1.31. The average molecular weight is 363 g/mol. The van der Waals surface area contributed by atoms with Gasteiger partial charge in [0.2, 0.25) is 5.91 Å². The first-order valence-electron chi connectivity index (χ1n) is 8.99. The van der Waals surface area contributed by atoms with Gasteiger partial charge in [0.25, 0.3) is 0 Å². The van der Waals surface area contributed by atoms with Crippen LogP contribution in [0.3, 0.4) is 0 Å². The van der Waals surface area contributed by atoms with E-state index in [1.807, 2.05) is 25.1 Å². The molecule has 142 valence electrons. The van der Waals surface area contributed by atoms with Gasteiger partial charge in [-0.25, -0.2) is 4.79 Å². The molecule has 3 rings (SSSR count). The lowest BCUT2D eigenvalue weighted by molar-refractivity contribution is -0.117. The van der Waals surface area contributed by atoms with Crippen LogP contribution in [0.5, 0.6) is 11.5 Å². The van der Waals surface area contributed by atoms with E-state index in [0.717, 1.165) is 12.1 Å². The Morgan fingerprint density at radius 1 is 1.31 bits per heavy atom. The van der Waals surface area contributed by atoms with Crippen LogP contribution in [0, 0.1) is 0 Å². The van der Waals surface area contributed by atoms with E-state index in [0.29, 0.717) is 51.0 Å². The van der Waals surface area contributed by atoms with E-state index in [9.17, 15) is 9.59 Å². The highest BCUT2D eigenvalue weighted by atomic mass is 16.6. The molecule has 0 bridgehead atoms. The second-order valence-electron chi connectivity index (χ2n) is 6.18. The van der Waals surface area contributed by atoms with E-state index in [1.54, 1.807) is 4.90 Å². The molecule has 2 heterocycles. The van der Waals surface area contributed by atoms with Crippen molar-refractivity contribution in [1.29, 1.82) is 0 Å². The van der Waals surface area contributed by atoms with Gasteiger partial charge in [-0.1, -0.05) is 0 Å². The van der Waals surface area contributed by atoms with Crippen molar-refractivity contribution in [3.63, 3.8) is 0 Å². The van der Waals surface area contributed by atoms with E-state index >= 15 is 0 Å². The van der Waals surface area contributed by atoms with Crippen molar-refractivity contribution in [1.82, 2.24) is 10.6 Å². The van der Waals surface area contributed by atoms with Crippen LogP contribution in [0.4, 0.5) is 10.5 Å². The monoisotopic (exact) mass is 363 g/mol. The fourth-order valence-corrected chi connectivity index (χ4v) is 3.01. The molecule has 26 heavy (non-hydrogen) atoms. The molecule has 0 unspecified atom stereocenters. The Morgan fingerprint density at radius 3 is 2.92 bits per heavy atom. The number of carbonyl (C=O) groups excluding carboxylic acids is 2. The van der Waals surface area contributed by atoms with E-state index in [4.69, 9.17) is 14.2 Å². The molecule has 1 fully saturated rings. The van der Waals surface area contributed by atoms with Gasteiger partial charge in [-0.3, -0.25) is 4.79 Å². The van der Waals surface area contributed by atoms with Crippen LogP contribution in [0.1, 0.15) is 19.8 Å². The fourth-order valence-electron chi connectivity index (χ4n) is 3.01. The Labute approximate surface area is 152 Å². The molecule has 1 atom stereocenters. The van der Waals surface area contributed by atoms with Crippen molar-refractivity contribution in [2.75, 3.05) is 44.4 Å². The molecule has 8 nitrogen and oxygen atoms in total. The third-order valence-electron chi connectivity index (χ3n) is 4.25. The maximum atomic E-state index is 12.3. The molecule has 0 spiro atoms. The number of amides is 3. The zero-order valence-electron chi connectivity index (χ0n) is 15.0. The number of fused-ring (bicyclic) bond motifs is 1. The third kappa shape index (κ3) is 4.57. The minimum Gasteiger partial charge on any atom is -0.486 e. The summed E-state index contributed by atoms with van der Waals surface area (Å²) in [5.41, 5.74) is 0.751. The predicted molar refractivity (Wildman–Crippen MR) is 95.8 cm³/mol. The number of urea groups is 1. The van der Waals surface area contributed by atoms with E-state index < -0.39 is 0 Å². The smallest absolute Gasteiger partial charge is 0.315 e. The number of benzene rings is 1. The van der Waals surface area contributed by atoms with Crippen molar-refractivity contribution in [3.05, 3.63) is 18.2 Å². The Balaban J connectivity index is 1.50. The van der Waals surface area contributed by atoms with Crippen LogP contribution in [0.25, 0.3) is 0 Å². The van der Waals surface area contributed by atoms with Crippen LogP contribution in [-0.4, -0.2) is 57.5 Å². The van der Waals surface area contributed by atoms with Gasteiger partial charge in [0, 0.05) is 44.5 Å². The molecule has 1 saturated heterocycles. The molecule has 1 aromatic rings. The largest absolute Gasteiger partial charge is 0.486 e. The molecule has 0 aliphatic carbocycles. The predicted octanol–water partition coefficient (Wildman–Crippen LogP) is 1.29. The van der Waals surface area contributed by atoms with E-state index in [2.05, 4.69) is 10.6 Å². The number of rotatable bonds is 7. The van der Waals surface area contributed by atoms with Crippen molar-refractivity contribution >= 4 is 17.6 Å². The van der Waals surface area contributed by atoms with Crippen molar-refractivity contribution in [2.24, 2.45) is 0 Å². The van der Waals surface area contributed by atoms with Gasteiger partial charge >= 0.3 is 6.03 Å². The zero-order valence-corrected chi connectivity index (χ0v) is 15.0. The normalized spacial score (nSPS) is 18.7. The Kier molecular flexibility index (Phi) is 6.17. The minimum atomic E-state index is -0.261. The quantitative estimate of drug-likeness (QED) is 0.713. The first-order chi connectivity index (χ1) is 12.7. The first kappa shape index (κ1) is 18.3. The molecule has 8 heteroatoms. The number of nitrogens with one attached hydrogen (secondary N) is 2. The number of hydrogen-bond donors (Lipinski definition) is 2. The van der Waals surface area contributed by atoms with Crippen molar-refractivity contribution < 1.29 is 23.8 Å². The summed E-state index contributed by atoms with van der Waals surface area (Å²) in [4.78, 5) is 25.9. The van der Waals surface area contributed by atoms with Crippen LogP contribution in [0.2, 0.25) is 0 Å². The fraction of sp³-hybridized carbons (Fsp3) is 0.556. The lowest BCUT2D eigenvalue weighted by Crippen LogP contribution is -2.43. The molecular formula is C18H25N3O5.